The van der Waals surface area contributed by atoms with Gasteiger partial charge in [-0.1, -0.05) is 13.3 Å². The quantitative estimate of drug-likeness (QED) is 0.588. The molecule has 1 aliphatic heterocycles. The van der Waals surface area contributed by atoms with Gasteiger partial charge in [0, 0.05) is 11.3 Å². The van der Waals surface area contributed by atoms with Crippen LogP contribution in [0.4, 0.5) is 0 Å². The Labute approximate surface area is 101 Å². The lowest BCUT2D eigenvalue weighted by Gasteiger charge is -2.08. The van der Waals surface area contributed by atoms with Crippen LogP contribution in [0, 0.1) is 0 Å². The molecule has 1 aliphatic rings. The first-order chi connectivity index (χ1) is 7.90. The third-order valence-electron chi connectivity index (χ3n) is 2.49. The van der Waals surface area contributed by atoms with Crippen LogP contribution >= 0.6 is 11.8 Å². The van der Waals surface area contributed by atoms with Crippen LogP contribution in [0.25, 0.3) is 0 Å². The van der Waals surface area contributed by atoms with E-state index in [1.807, 2.05) is 17.8 Å². The Balaban J connectivity index is 2.02. The molecule has 1 aromatic rings. The summed E-state index contributed by atoms with van der Waals surface area (Å²) in [5.74, 6) is 2.97. The van der Waals surface area contributed by atoms with Gasteiger partial charge in [0.1, 0.15) is 0 Å². The average molecular weight is 238 g/mol. The lowest BCUT2D eigenvalue weighted by atomic mass is 10.3. The molecule has 0 amide bonds. The van der Waals surface area contributed by atoms with E-state index >= 15 is 0 Å². The molecule has 0 bridgehead atoms. The number of rotatable bonds is 4. The van der Waals surface area contributed by atoms with Crippen molar-refractivity contribution < 1.29 is 9.47 Å². The molecule has 0 radical (unpaired) electrons. The van der Waals surface area contributed by atoms with Crippen molar-refractivity contribution in [2.75, 3.05) is 19.0 Å². The summed E-state index contributed by atoms with van der Waals surface area (Å²) in [6, 6.07) is 6.24. The van der Waals surface area contributed by atoms with Crippen LogP contribution in [-0.4, -0.2) is 19.0 Å². The zero-order valence-electron chi connectivity index (χ0n) is 9.70. The molecular formula is C13H18O2S. The van der Waals surface area contributed by atoms with E-state index in [1.165, 1.54) is 23.5 Å². The summed E-state index contributed by atoms with van der Waals surface area (Å²) < 4.78 is 11.3. The van der Waals surface area contributed by atoms with Crippen molar-refractivity contribution in [2.24, 2.45) is 0 Å². The van der Waals surface area contributed by atoms with Crippen molar-refractivity contribution in [2.45, 2.75) is 31.1 Å². The first-order valence-corrected chi connectivity index (χ1v) is 6.91. The molecular weight excluding hydrogens is 220 g/mol. The van der Waals surface area contributed by atoms with E-state index in [-0.39, 0.29) is 0 Å². The maximum absolute atomic E-state index is 5.66. The molecule has 2 nitrogen and oxygen atoms in total. The second-order valence-electron chi connectivity index (χ2n) is 3.86. The molecule has 3 heteroatoms. The summed E-state index contributed by atoms with van der Waals surface area (Å²) in [6.45, 7) is 3.74. The fraction of sp³-hybridized carbons (Fsp3) is 0.538. The first kappa shape index (κ1) is 11.6. The van der Waals surface area contributed by atoms with Gasteiger partial charge in [0.15, 0.2) is 11.5 Å². The van der Waals surface area contributed by atoms with E-state index in [2.05, 4.69) is 19.1 Å². The molecule has 0 aromatic heterocycles. The third kappa shape index (κ3) is 3.08. The minimum atomic E-state index is 0.759. The van der Waals surface area contributed by atoms with Crippen LogP contribution in [0.2, 0.25) is 0 Å². The topological polar surface area (TPSA) is 18.5 Å². The number of hydrogen-bond acceptors (Lipinski definition) is 3. The van der Waals surface area contributed by atoms with Crippen molar-refractivity contribution in [1.29, 1.82) is 0 Å². The Morgan fingerprint density at radius 3 is 2.81 bits per heavy atom. The minimum absolute atomic E-state index is 0.759. The summed E-state index contributed by atoms with van der Waals surface area (Å²) in [5.41, 5.74) is 0. The monoisotopic (exact) mass is 238 g/mol. The lowest BCUT2D eigenvalue weighted by molar-refractivity contribution is 0.297. The average Bonchev–Trinajstić information content (AvgIpc) is 2.54. The fourth-order valence-corrected chi connectivity index (χ4v) is 2.59. The number of ether oxygens (including phenoxy) is 2. The number of benzene rings is 1. The van der Waals surface area contributed by atoms with E-state index in [4.69, 9.17) is 9.47 Å². The van der Waals surface area contributed by atoms with Gasteiger partial charge in [-0.3, -0.25) is 0 Å². The molecule has 0 spiro atoms. The summed E-state index contributed by atoms with van der Waals surface area (Å²) in [7, 11) is 0. The van der Waals surface area contributed by atoms with E-state index in [1.54, 1.807) is 0 Å². The second kappa shape index (κ2) is 6.04. The highest BCUT2D eigenvalue weighted by Crippen LogP contribution is 2.34. The van der Waals surface area contributed by atoms with Gasteiger partial charge < -0.3 is 9.47 Å². The highest BCUT2D eigenvalue weighted by Gasteiger charge is 2.10. The molecule has 0 fully saturated rings. The SMILES string of the molecule is CCCCSc1ccc2c(c1)OCCCO2. The van der Waals surface area contributed by atoms with Crippen LogP contribution in [0.15, 0.2) is 23.1 Å². The van der Waals surface area contributed by atoms with Gasteiger partial charge in [0.25, 0.3) is 0 Å². The molecule has 0 atom stereocenters. The fourth-order valence-electron chi connectivity index (χ4n) is 1.57. The largest absolute Gasteiger partial charge is 0.490 e. The maximum atomic E-state index is 5.66. The highest BCUT2D eigenvalue weighted by molar-refractivity contribution is 7.99. The summed E-state index contributed by atoms with van der Waals surface area (Å²) >= 11 is 1.89. The van der Waals surface area contributed by atoms with Gasteiger partial charge in [-0.15, -0.1) is 11.8 Å². The van der Waals surface area contributed by atoms with Crippen molar-refractivity contribution >= 4 is 11.8 Å². The van der Waals surface area contributed by atoms with Gasteiger partial charge in [-0.05, 0) is 30.4 Å². The van der Waals surface area contributed by atoms with E-state index < -0.39 is 0 Å². The molecule has 0 unspecified atom stereocenters. The van der Waals surface area contributed by atoms with Gasteiger partial charge in [0.05, 0.1) is 13.2 Å². The Morgan fingerprint density at radius 1 is 1.19 bits per heavy atom. The Hall–Kier alpha value is -0.830. The number of fused-ring (bicyclic) bond motifs is 1. The molecule has 1 heterocycles. The first-order valence-electron chi connectivity index (χ1n) is 5.92. The molecule has 0 N–H and O–H groups in total. The smallest absolute Gasteiger partial charge is 0.162 e. The van der Waals surface area contributed by atoms with Crippen LogP contribution in [0.3, 0.4) is 0 Å². The van der Waals surface area contributed by atoms with Crippen LogP contribution in [-0.2, 0) is 0 Å². The normalized spacial score (nSPS) is 14.6. The van der Waals surface area contributed by atoms with Gasteiger partial charge >= 0.3 is 0 Å². The lowest BCUT2D eigenvalue weighted by Crippen LogP contribution is -1.97. The van der Waals surface area contributed by atoms with E-state index in [0.717, 1.165) is 31.1 Å². The zero-order valence-corrected chi connectivity index (χ0v) is 10.5. The van der Waals surface area contributed by atoms with Gasteiger partial charge in [-0.25, -0.2) is 0 Å². The van der Waals surface area contributed by atoms with Crippen molar-refractivity contribution in [3.8, 4) is 11.5 Å². The van der Waals surface area contributed by atoms with Gasteiger partial charge in [0.2, 0.25) is 0 Å². The van der Waals surface area contributed by atoms with E-state index in [0.29, 0.717) is 0 Å². The van der Waals surface area contributed by atoms with Crippen molar-refractivity contribution in [3.63, 3.8) is 0 Å². The Kier molecular flexibility index (Phi) is 4.40. The van der Waals surface area contributed by atoms with Crippen LogP contribution < -0.4 is 9.47 Å². The molecule has 1 aromatic carbocycles. The molecule has 0 aliphatic carbocycles. The third-order valence-corrected chi connectivity index (χ3v) is 3.57. The standard InChI is InChI=1S/C13H18O2S/c1-2-3-9-16-11-5-6-12-13(10-11)15-8-4-7-14-12/h5-6,10H,2-4,7-9H2,1H3. The van der Waals surface area contributed by atoms with Crippen LogP contribution in [0.5, 0.6) is 11.5 Å². The van der Waals surface area contributed by atoms with Crippen LogP contribution in [0.1, 0.15) is 26.2 Å². The van der Waals surface area contributed by atoms with E-state index in [9.17, 15) is 0 Å². The Bertz CT molecular complexity index is 339. The summed E-state index contributed by atoms with van der Waals surface area (Å²) in [5, 5.41) is 0. The predicted molar refractivity (Wildman–Crippen MR) is 67.7 cm³/mol. The Morgan fingerprint density at radius 2 is 2.00 bits per heavy atom. The zero-order chi connectivity index (χ0) is 11.2. The highest BCUT2D eigenvalue weighted by atomic mass is 32.2. The predicted octanol–water partition coefficient (Wildman–Crippen LogP) is 3.74. The summed E-state index contributed by atoms with van der Waals surface area (Å²) in [4.78, 5) is 1.28. The number of unbranched alkanes of at least 4 members (excludes halogenated alkanes) is 1. The molecule has 0 saturated heterocycles. The minimum Gasteiger partial charge on any atom is -0.490 e. The molecule has 2 rings (SSSR count). The second-order valence-corrected chi connectivity index (χ2v) is 5.03. The van der Waals surface area contributed by atoms with Crippen molar-refractivity contribution in [3.05, 3.63) is 18.2 Å². The van der Waals surface area contributed by atoms with Crippen molar-refractivity contribution in [1.82, 2.24) is 0 Å². The molecule has 16 heavy (non-hydrogen) atoms. The molecule has 88 valence electrons. The molecule has 0 saturated carbocycles. The maximum Gasteiger partial charge on any atom is 0.162 e. The van der Waals surface area contributed by atoms with Gasteiger partial charge in [-0.2, -0.15) is 0 Å². The number of hydrogen-bond donors (Lipinski definition) is 0. The summed E-state index contributed by atoms with van der Waals surface area (Å²) in [6.07, 6.45) is 3.48. The number of thioether (sulfide) groups is 1.